The maximum atomic E-state index is 12.3. The number of carbonyl (C=O) groups excluding carboxylic acids is 1. The highest BCUT2D eigenvalue weighted by atomic mass is 35.5. The van der Waals surface area contributed by atoms with Gasteiger partial charge >= 0.3 is 0 Å². The number of aromatic nitrogens is 1. The highest BCUT2D eigenvalue weighted by molar-refractivity contribution is 6.30. The fourth-order valence-electron chi connectivity index (χ4n) is 1.86. The summed E-state index contributed by atoms with van der Waals surface area (Å²) in [6.45, 7) is 0. The van der Waals surface area contributed by atoms with E-state index in [9.17, 15) is 4.79 Å². The van der Waals surface area contributed by atoms with Gasteiger partial charge in [-0.2, -0.15) is 0 Å². The molecule has 5 heteroatoms. The Kier molecular flexibility index (Phi) is 3.56. The molecule has 0 bridgehead atoms. The van der Waals surface area contributed by atoms with E-state index in [-0.39, 0.29) is 5.91 Å². The van der Waals surface area contributed by atoms with E-state index in [4.69, 9.17) is 11.6 Å². The van der Waals surface area contributed by atoms with Gasteiger partial charge in [-0.25, -0.2) is 4.98 Å². The van der Waals surface area contributed by atoms with Gasteiger partial charge in [0.25, 0.3) is 5.91 Å². The van der Waals surface area contributed by atoms with E-state index >= 15 is 0 Å². The molecule has 102 valence electrons. The van der Waals surface area contributed by atoms with Crippen LogP contribution >= 0.6 is 11.6 Å². The molecule has 1 saturated carbocycles. The molecule has 0 aliphatic heterocycles. The van der Waals surface area contributed by atoms with E-state index < -0.39 is 0 Å². The van der Waals surface area contributed by atoms with Crippen molar-refractivity contribution in [3.05, 3.63) is 53.2 Å². The molecule has 0 radical (unpaired) electrons. The molecule has 1 aromatic heterocycles. The number of nitrogens with one attached hydrogen (secondary N) is 2. The minimum Gasteiger partial charge on any atom is -0.367 e. The van der Waals surface area contributed by atoms with Gasteiger partial charge in [0.1, 0.15) is 5.82 Å². The Labute approximate surface area is 122 Å². The average molecular weight is 288 g/mol. The third-order valence-electron chi connectivity index (χ3n) is 3.07. The molecule has 1 aliphatic rings. The number of halogens is 1. The van der Waals surface area contributed by atoms with Crippen LogP contribution in [0.4, 0.5) is 11.5 Å². The van der Waals surface area contributed by atoms with Crippen molar-refractivity contribution in [1.29, 1.82) is 0 Å². The first-order chi connectivity index (χ1) is 9.72. The van der Waals surface area contributed by atoms with Crippen molar-refractivity contribution in [1.82, 2.24) is 4.98 Å². The van der Waals surface area contributed by atoms with Gasteiger partial charge in [-0.15, -0.1) is 0 Å². The molecule has 1 aromatic carbocycles. The molecule has 1 heterocycles. The third kappa shape index (κ3) is 3.08. The van der Waals surface area contributed by atoms with Gasteiger partial charge in [-0.05, 0) is 49.2 Å². The van der Waals surface area contributed by atoms with Crippen LogP contribution in [0.3, 0.4) is 0 Å². The number of nitrogens with zero attached hydrogens (tertiary/aromatic N) is 1. The van der Waals surface area contributed by atoms with Crippen molar-refractivity contribution in [2.24, 2.45) is 0 Å². The van der Waals surface area contributed by atoms with E-state index in [1.54, 1.807) is 42.6 Å². The molecule has 0 atom stereocenters. The summed E-state index contributed by atoms with van der Waals surface area (Å²) in [6.07, 6.45) is 3.95. The van der Waals surface area contributed by atoms with E-state index in [0.717, 1.165) is 12.8 Å². The van der Waals surface area contributed by atoms with Gasteiger partial charge in [0.05, 0.1) is 5.56 Å². The van der Waals surface area contributed by atoms with Gasteiger partial charge in [-0.1, -0.05) is 11.6 Å². The summed E-state index contributed by atoms with van der Waals surface area (Å²) in [6, 6.07) is 11.0. The Morgan fingerprint density at radius 3 is 2.65 bits per heavy atom. The van der Waals surface area contributed by atoms with Crippen molar-refractivity contribution in [3.8, 4) is 0 Å². The van der Waals surface area contributed by atoms with Crippen LogP contribution in [0.25, 0.3) is 0 Å². The molecule has 1 amide bonds. The molecule has 4 nitrogen and oxygen atoms in total. The SMILES string of the molecule is O=C(Nc1ccc(Cl)cc1)c1cccnc1NC1CC1. The normalized spacial score (nSPS) is 13.8. The average Bonchev–Trinajstić information content (AvgIpc) is 3.26. The van der Waals surface area contributed by atoms with Crippen LogP contribution in [0.15, 0.2) is 42.6 Å². The van der Waals surface area contributed by atoms with E-state index in [2.05, 4.69) is 15.6 Å². The number of anilines is 2. The summed E-state index contributed by atoms with van der Waals surface area (Å²) in [7, 11) is 0. The molecule has 1 aliphatic carbocycles. The predicted molar refractivity (Wildman–Crippen MR) is 80.3 cm³/mol. The Morgan fingerprint density at radius 1 is 1.20 bits per heavy atom. The quantitative estimate of drug-likeness (QED) is 0.904. The largest absolute Gasteiger partial charge is 0.367 e. The molecule has 2 N–H and O–H groups in total. The number of rotatable bonds is 4. The fraction of sp³-hybridized carbons (Fsp3) is 0.200. The second kappa shape index (κ2) is 5.51. The lowest BCUT2D eigenvalue weighted by Crippen LogP contribution is -2.16. The highest BCUT2D eigenvalue weighted by Gasteiger charge is 2.23. The molecular formula is C15H14ClN3O. The Balaban J connectivity index is 1.77. The zero-order valence-electron chi connectivity index (χ0n) is 10.8. The second-order valence-electron chi connectivity index (χ2n) is 4.78. The predicted octanol–water partition coefficient (Wildman–Crippen LogP) is 3.56. The highest BCUT2D eigenvalue weighted by Crippen LogP contribution is 2.25. The van der Waals surface area contributed by atoms with Gasteiger partial charge in [0, 0.05) is 22.9 Å². The molecule has 0 unspecified atom stereocenters. The topological polar surface area (TPSA) is 54.0 Å². The lowest BCUT2D eigenvalue weighted by molar-refractivity contribution is 0.102. The van der Waals surface area contributed by atoms with E-state index in [0.29, 0.717) is 28.1 Å². The summed E-state index contributed by atoms with van der Waals surface area (Å²) in [5.41, 5.74) is 1.26. The number of hydrogen-bond acceptors (Lipinski definition) is 3. The smallest absolute Gasteiger partial charge is 0.259 e. The Morgan fingerprint density at radius 2 is 1.95 bits per heavy atom. The van der Waals surface area contributed by atoms with Crippen LogP contribution < -0.4 is 10.6 Å². The minimum absolute atomic E-state index is 0.177. The van der Waals surface area contributed by atoms with E-state index in [1.165, 1.54) is 0 Å². The van der Waals surface area contributed by atoms with Crippen LogP contribution in [0.5, 0.6) is 0 Å². The van der Waals surface area contributed by atoms with Crippen molar-refractivity contribution in [3.63, 3.8) is 0 Å². The molecule has 1 fully saturated rings. The Hall–Kier alpha value is -2.07. The fourth-order valence-corrected chi connectivity index (χ4v) is 1.98. The minimum atomic E-state index is -0.177. The summed E-state index contributed by atoms with van der Waals surface area (Å²) in [5, 5.41) is 6.75. The number of pyridine rings is 1. The van der Waals surface area contributed by atoms with Crippen LogP contribution in [0, 0.1) is 0 Å². The maximum Gasteiger partial charge on any atom is 0.259 e. The Bertz CT molecular complexity index is 623. The molecule has 3 rings (SSSR count). The standard InChI is InChI=1S/C15H14ClN3O/c16-10-3-5-12(6-4-10)19-15(20)13-2-1-9-17-14(13)18-11-7-8-11/h1-6,9,11H,7-8H2,(H,17,18)(H,19,20). The summed E-state index contributed by atoms with van der Waals surface area (Å²) >= 11 is 5.82. The number of amides is 1. The van der Waals surface area contributed by atoms with Crippen molar-refractivity contribution in [2.45, 2.75) is 18.9 Å². The molecule has 2 aromatic rings. The maximum absolute atomic E-state index is 12.3. The van der Waals surface area contributed by atoms with Crippen molar-refractivity contribution in [2.75, 3.05) is 10.6 Å². The van der Waals surface area contributed by atoms with Crippen molar-refractivity contribution < 1.29 is 4.79 Å². The summed E-state index contributed by atoms with van der Waals surface area (Å²) < 4.78 is 0. The first-order valence-corrected chi connectivity index (χ1v) is 6.88. The summed E-state index contributed by atoms with van der Waals surface area (Å²) in [5.74, 6) is 0.463. The van der Waals surface area contributed by atoms with Crippen LogP contribution in [0.2, 0.25) is 5.02 Å². The van der Waals surface area contributed by atoms with E-state index in [1.807, 2.05) is 0 Å². The second-order valence-corrected chi connectivity index (χ2v) is 5.22. The monoisotopic (exact) mass is 287 g/mol. The lowest BCUT2D eigenvalue weighted by Gasteiger charge is -2.10. The molecule has 0 spiro atoms. The third-order valence-corrected chi connectivity index (χ3v) is 3.32. The molecule has 0 saturated heterocycles. The molecular weight excluding hydrogens is 274 g/mol. The first kappa shape index (κ1) is 12.9. The zero-order chi connectivity index (χ0) is 13.9. The lowest BCUT2D eigenvalue weighted by atomic mass is 10.2. The number of benzene rings is 1. The van der Waals surface area contributed by atoms with Crippen molar-refractivity contribution >= 4 is 29.0 Å². The first-order valence-electron chi connectivity index (χ1n) is 6.51. The van der Waals surface area contributed by atoms with Crippen LogP contribution in [-0.4, -0.2) is 16.9 Å². The van der Waals surface area contributed by atoms with Crippen LogP contribution in [-0.2, 0) is 0 Å². The van der Waals surface area contributed by atoms with Gasteiger partial charge in [0.15, 0.2) is 0 Å². The number of hydrogen-bond donors (Lipinski definition) is 2. The molecule has 20 heavy (non-hydrogen) atoms. The zero-order valence-corrected chi connectivity index (χ0v) is 11.5. The summed E-state index contributed by atoms with van der Waals surface area (Å²) in [4.78, 5) is 16.5. The van der Waals surface area contributed by atoms with Gasteiger partial charge < -0.3 is 10.6 Å². The number of carbonyl (C=O) groups is 1. The van der Waals surface area contributed by atoms with Crippen LogP contribution in [0.1, 0.15) is 23.2 Å². The van der Waals surface area contributed by atoms with Gasteiger partial charge in [0.2, 0.25) is 0 Å². The van der Waals surface area contributed by atoms with Gasteiger partial charge in [-0.3, -0.25) is 4.79 Å².